The van der Waals surface area contributed by atoms with Crippen LogP contribution in [0.25, 0.3) is 0 Å². The second-order valence-electron chi connectivity index (χ2n) is 11.7. The lowest BCUT2D eigenvalue weighted by atomic mass is 9.49. The van der Waals surface area contributed by atoms with Crippen LogP contribution in [0.2, 0.25) is 5.02 Å². The van der Waals surface area contributed by atoms with Crippen molar-refractivity contribution in [2.45, 2.75) is 45.9 Å². The summed E-state index contributed by atoms with van der Waals surface area (Å²) in [5.41, 5.74) is 1.66. The zero-order valence-corrected chi connectivity index (χ0v) is 22.8. The molecule has 37 heavy (non-hydrogen) atoms. The summed E-state index contributed by atoms with van der Waals surface area (Å²) in [7, 11) is 0. The molecule has 2 aromatic rings. The van der Waals surface area contributed by atoms with Gasteiger partial charge >= 0.3 is 0 Å². The molecule has 0 atom stereocenters. The lowest BCUT2D eigenvalue weighted by molar-refractivity contribution is -0.164. The molecule has 196 valence electrons. The molecule has 0 spiro atoms. The summed E-state index contributed by atoms with van der Waals surface area (Å²) in [5, 5.41) is 16.1. The van der Waals surface area contributed by atoms with Crippen LogP contribution < -0.4 is 20.3 Å². The van der Waals surface area contributed by atoms with Crippen molar-refractivity contribution in [2.24, 2.45) is 10.8 Å². The van der Waals surface area contributed by atoms with Crippen molar-refractivity contribution < 1.29 is 9.53 Å². The van der Waals surface area contributed by atoms with Gasteiger partial charge in [-0.2, -0.15) is 5.26 Å². The first-order valence-corrected chi connectivity index (χ1v) is 13.5. The smallest absolute Gasteiger partial charge is 0.251 e. The number of hydrogen-bond donors (Lipinski definition) is 2. The molecular weight excluding hydrogens is 486 g/mol. The van der Waals surface area contributed by atoms with Crippen molar-refractivity contribution in [3.63, 3.8) is 0 Å². The van der Waals surface area contributed by atoms with Gasteiger partial charge in [-0.25, -0.2) is 0 Å². The molecule has 0 radical (unpaired) electrons. The Balaban J connectivity index is 1.19. The third-order valence-corrected chi connectivity index (χ3v) is 8.83. The van der Waals surface area contributed by atoms with Gasteiger partial charge in [0.15, 0.2) is 0 Å². The van der Waals surface area contributed by atoms with Crippen molar-refractivity contribution in [1.29, 1.82) is 5.26 Å². The summed E-state index contributed by atoms with van der Waals surface area (Å²) in [6, 6.07) is 15.8. The minimum atomic E-state index is -0.297. The van der Waals surface area contributed by atoms with E-state index in [1.54, 1.807) is 18.2 Å². The van der Waals surface area contributed by atoms with Crippen molar-refractivity contribution >= 4 is 23.2 Å². The van der Waals surface area contributed by atoms with E-state index in [-0.39, 0.29) is 28.9 Å². The van der Waals surface area contributed by atoms with E-state index in [1.165, 1.54) is 5.69 Å². The molecule has 3 aliphatic rings. The van der Waals surface area contributed by atoms with Crippen molar-refractivity contribution in [3.8, 4) is 11.8 Å². The molecule has 0 bridgehead atoms. The molecule has 3 fully saturated rings. The van der Waals surface area contributed by atoms with Crippen LogP contribution in [-0.4, -0.2) is 68.3 Å². The Morgan fingerprint density at radius 2 is 1.70 bits per heavy atom. The van der Waals surface area contributed by atoms with E-state index in [0.29, 0.717) is 27.9 Å². The molecule has 1 amide bonds. The molecule has 2 heterocycles. The number of ether oxygens (including phenoxy) is 1. The van der Waals surface area contributed by atoms with E-state index < -0.39 is 0 Å². The number of nitriles is 1. The summed E-state index contributed by atoms with van der Waals surface area (Å²) < 4.78 is 6.34. The van der Waals surface area contributed by atoms with Gasteiger partial charge in [0.25, 0.3) is 5.91 Å². The van der Waals surface area contributed by atoms with Gasteiger partial charge in [0.1, 0.15) is 17.9 Å². The topological polar surface area (TPSA) is 80.6 Å². The minimum absolute atomic E-state index is 0.0693. The maximum atomic E-state index is 13.2. The highest BCUT2D eigenvalue weighted by molar-refractivity contribution is 6.31. The Labute approximate surface area is 224 Å². The van der Waals surface area contributed by atoms with E-state index in [2.05, 4.69) is 66.3 Å². The molecule has 2 aliphatic heterocycles. The maximum absolute atomic E-state index is 13.2. The highest BCUT2D eigenvalue weighted by Gasteiger charge is 2.64. The van der Waals surface area contributed by atoms with Gasteiger partial charge in [0.05, 0.1) is 10.6 Å². The molecule has 7 nitrogen and oxygen atoms in total. The summed E-state index contributed by atoms with van der Waals surface area (Å²) in [6.45, 7) is 14.9. The number of carbonyl (C=O) groups excluding carboxylic acids is 1. The van der Waals surface area contributed by atoms with E-state index in [4.69, 9.17) is 21.6 Å². The van der Waals surface area contributed by atoms with Gasteiger partial charge in [0.2, 0.25) is 0 Å². The predicted molar refractivity (Wildman–Crippen MR) is 146 cm³/mol. The second-order valence-corrected chi connectivity index (χ2v) is 12.1. The van der Waals surface area contributed by atoms with Gasteiger partial charge in [0, 0.05) is 79.5 Å². The quantitative estimate of drug-likeness (QED) is 0.600. The standard InChI is InChI=1S/C29H36ClN5O2/c1-28(2)26(29(3,4)27(28)37-23-10-7-20(16-31)24(30)15-23)33-25(36)19-5-8-21(9-6-19)34-11-13-35(14-12-34)22-17-32-18-22/h5-10,15,22,26-27,32H,11-14,17-18H2,1-4H3,(H,33,36)/t26-,27-. The van der Waals surface area contributed by atoms with Crippen molar-refractivity contribution in [2.75, 3.05) is 44.2 Å². The van der Waals surface area contributed by atoms with Crippen molar-refractivity contribution in [3.05, 3.63) is 58.6 Å². The maximum Gasteiger partial charge on any atom is 0.251 e. The average molecular weight is 522 g/mol. The van der Waals surface area contributed by atoms with E-state index in [1.807, 2.05) is 12.1 Å². The Kier molecular flexibility index (Phi) is 6.86. The molecule has 8 heteroatoms. The molecule has 1 saturated carbocycles. The van der Waals surface area contributed by atoms with E-state index in [0.717, 1.165) is 39.3 Å². The molecule has 1 aliphatic carbocycles. The number of benzene rings is 2. The fourth-order valence-corrected chi connectivity index (χ4v) is 6.72. The summed E-state index contributed by atoms with van der Waals surface area (Å²) in [6.07, 6.45) is -0.133. The molecular formula is C29H36ClN5O2. The van der Waals surface area contributed by atoms with Crippen LogP contribution in [-0.2, 0) is 0 Å². The number of anilines is 1. The lowest BCUT2D eigenvalue weighted by Gasteiger charge is -2.63. The van der Waals surface area contributed by atoms with Crippen LogP contribution in [0.4, 0.5) is 5.69 Å². The number of hydrogen-bond acceptors (Lipinski definition) is 6. The minimum Gasteiger partial charge on any atom is -0.489 e. The highest BCUT2D eigenvalue weighted by atomic mass is 35.5. The van der Waals surface area contributed by atoms with Crippen LogP contribution >= 0.6 is 11.6 Å². The number of nitrogens with zero attached hydrogens (tertiary/aromatic N) is 3. The van der Waals surface area contributed by atoms with Gasteiger partial charge in [-0.3, -0.25) is 9.69 Å². The van der Waals surface area contributed by atoms with E-state index >= 15 is 0 Å². The molecule has 2 aromatic carbocycles. The van der Waals surface area contributed by atoms with Gasteiger partial charge < -0.3 is 20.3 Å². The molecule has 0 aromatic heterocycles. The third-order valence-electron chi connectivity index (χ3n) is 8.52. The number of amides is 1. The van der Waals surface area contributed by atoms with Crippen LogP contribution in [0, 0.1) is 22.2 Å². The first-order valence-electron chi connectivity index (χ1n) is 13.1. The van der Waals surface area contributed by atoms with E-state index in [9.17, 15) is 4.79 Å². The largest absolute Gasteiger partial charge is 0.489 e. The van der Waals surface area contributed by atoms with Gasteiger partial charge in [-0.05, 0) is 36.4 Å². The summed E-state index contributed by atoms with van der Waals surface area (Å²) in [4.78, 5) is 18.2. The number of halogens is 1. The van der Waals surface area contributed by atoms with Crippen molar-refractivity contribution in [1.82, 2.24) is 15.5 Å². The first-order chi connectivity index (χ1) is 17.6. The zero-order chi connectivity index (χ0) is 26.4. The number of piperazine rings is 1. The SMILES string of the molecule is CC1(C)[C@H](NC(=O)c2ccc(N3CCN(C4CNC4)CC3)cc2)C(C)(C)[C@H]1Oc1ccc(C#N)c(Cl)c1. The van der Waals surface area contributed by atoms with Gasteiger partial charge in [-0.1, -0.05) is 39.3 Å². The van der Waals surface area contributed by atoms with Gasteiger partial charge in [-0.15, -0.1) is 0 Å². The molecule has 2 saturated heterocycles. The fraction of sp³-hybridized carbons (Fsp3) is 0.517. The van der Waals surface area contributed by atoms with Crippen LogP contribution in [0.15, 0.2) is 42.5 Å². The third kappa shape index (κ3) is 4.79. The highest BCUT2D eigenvalue weighted by Crippen LogP contribution is 2.55. The Morgan fingerprint density at radius 3 is 2.24 bits per heavy atom. The first kappa shape index (κ1) is 25.8. The molecule has 2 N–H and O–H groups in total. The Bertz CT molecular complexity index is 1180. The molecule has 0 unspecified atom stereocenters. The van der Waals surface area contributed by atoms with Crippen LogP contribution in [0.1, 0.15) is 43.6 Å². The number of carbonyl (C=O) groups is 1. The average Bonchev–Trinajstić information content (AvgIpc) is 2.85. The Hall–Kier alpha value is -2.79. The summed E-state index contributed by atoms with van der Waals surface area (Å²) in [5.74, 6) is 0.556. The fourth-order valence-electron chi connectivity index (χ4n) is 6.51. The monoisotopic (exact) mass is 521 g/mol. The zero-order valence-electron chi connectivity index (χ0n) is 22.1. The number of rotatable bonds is 6. The Morgan fingerprint density at radius 1 is 1.05 bits per heavy atom. The lowest BCUT2D eigenvalue weighted by Crippen LogP contribution is -2.74. The normalized spacial score (nSPS) is 24.9. The molecule has 5 rings (SSSR count). The van der Waals surface area contributed by atoms with Crippen LogP contribution in [0.5, 0.6) is 5.75 Å². The predicted octanol–water partition coefficient (Wildman–Crippen LogP) is 3.92. The summed E-state index contributed by atoms with van der Waals surface area (Å²) >= 11 is 6.20. The number of nitrogens with one attached hydrogen (secondary N) is 2. The second kappa shape index (κ2) is 9.83. The van der Waals surface area contributed by atoms with Crippen LogP contribution in [0.3, 0.4) is 0 Å².